The summed E-state index contributed by atoms with van der Waals surface area (Å²) in [6, 6.07) is 17.6. The van der Waals surface area contributed by atoms with E-state index >= 15 is 0 Å². The Kier molecular flexibility index (Phi) is 4.98. The minimum Gasteiger partial charge on any atom is -0.344 e. The largest absolute Gasteiger partial charge is 0.344 e. The van der Waals surface area contributed by atoms with Crippen LogP contribution in [0.1, 0.15) is 11.1 Å². The Morgan fingerprint density at radius 1 is 1.04 bits per heavy atom. The number of amides is 2. The van der Waals surface area contributed by atoms with Crippen LogP contribution in [0.5, 0.6) is 0 Å². The van der Waals surface area contributed by atoms with Gasteiger partial charge in [-0.05, 0) is 17.2 Å². The van der Waals surface area contributed by atoms with E-state index < -0.39 is 11.8 Å². The van der Waals surface area contributed by atoms with Crippen LogP contribution >= 0.6 is 11.8 Å². The number of hydrogen-bond donors (Lipinski definition) is 1. The Labute approximate surface area is 139 Å². The molecule has 0 saturated carbocycles. The molecule has 23 heavy (non-hydrogen) atoms. The summed E-state index contributed by atoms with van der Waals surface area (Å²) < 4.78 is 0. The zero-order valence-corrected chi connectivity index (χ0v) is 13.5. The lowest BCUT2D eigenvalue weighted by Crippen LogP contribution is -2.43. The molecule has 3 rings (SSSR count). The number of nitrogens with zero attached hydrogens (tertiary/aromatic N) is 1. The standard InChI is InChI=1S/C18H18N2O2S/c21-17(19-12-14-6-2-1-3-7-14)18(22)20-10-11-23-16-9-5-4-8-15(16)13-20/h1-9H,10-13H2,(H,19,21). The van der Waals surface area contributed by atoms with E-state index in [2.05, 4.69) is 11.4 Å². The number of nitrogens with one attached hydrogen (secondary N) is 1. The molecule has 118 valence electrons. The lowest BCUT2D eigenvalue weighted by molar-refractivity contribution is -0.146. The quantitative estimate of drug-likeness (QED) is 0.863. The van der Waals surface area contributed by atoms with Gasteiger partial charge in [0.1, 0.15) is 0 Å². The first-order valence-corrected chi connectivity index (χ1v) is 8.54. The van der Waals surface area contributed by atoms with Crippen LogP contribution < -0.4 is 5.32 Å². The maximum Gasteiger partial charge on any atom is 0.312 e. The number of carbonyl (C=O) groups excluding carboxylic acids is 2. The molecule has 1 N–H and O–H groups in total. The second-order valence-electron chi connectivity index (χ2n) is 5.35. The third kappa shape index (κ3) is 3.93. The van der Waals surface area contributed by atoms with Crippen molar-refractivity contribution in [3.8, 4) is 0 Å². The smallest absolute Gasteiger partial charge is 0.312 e. The van der Waals surface area contributed by atoms with Crippen molar-refractivity contribution < 1.29 is 9.59 Å². The number of benzene rings is 2. The molecule has 0 aliphatic carbocycles. The van der Waals surface area contributed by atoms with Crippen LogP contribution in [0.4, 0.5) is 0 Å². The highest BCUT2D eigenvalue weighted by atomic mass is 32.2. The van der Waals surface area contributed by atoms with Crippen LogP contribution in [0, 0.1) is 0 Å². The van der Waals surface area contributed by atoms with Gasteiger partial charge in [-0.15, -0.1) is 11.8 Å². The minimum absolute atomic E-state index is 0.366. The van der Waals surface area contributed by atoms with Gasteiger partial charge in [0, 0.05) is 30.3 Å². The molecule has 0 bridgehead atoms. The molecular formula is C18H18N2O2S. The summed E-state index contributed by atoms with van der Waals surface area (Å²) in [5.41, 5.74) is 2.07. The van der Waals surface area contributed by atoms with Crippen LogP contribution in [0.3, 0.4) is 0 Å². The Balaban J connectivity index is 1.62. The number of rotatable bonds is 2. The van der Waals surface area contributed by atoms with Crippen LogP contribution in [0.25, 0.3) is 0 Å². The first-order chi connectivity index (χ1) is 11.2. The maximum absolute atomic E-state index is 12.4. The van der Waals surface area contributed by atoms with E-state index in [1.807, 2.05) is 48.5 Å². The summed E-state index contributed by atoms with van der Waals surface area (Å²) in [6.45, 7) is 1.43. The van der Waals surface area contributed by atoms with E-state index in [0.29, 0.717) is 19.6 Å². The first kappa shape index (κ1) is 15.6. The van der Waals surface area contributed by atoms with Gasteiger partial charge in [0.05, 0.1) is 0 Å². The molecule has 2 aromatic rings. The minimum atomic E-state index is -0.543. The van der Waals surface area contributed by atoms with Crippen molar-refractivity contribution in [1.29, 1.82) is 0 Å². The monoisotopic (exact) mass is 326 g/mol. The van der Waals surface area contributed by atoms with Gasteiger partial charge < -0.3 is 10.2 Å². The number of thioether (sulfide) groups is 1. The summed E-state index contributed by atoms with van der Waals surface area (Å²) >= 11 is 1.73. The number of fused-ring (bicyclic) bond motifs is 1. The van der Waals surface area contributed by atoms with Gasteiger partial charge in [-0.25, -0.2) is 0 Å². The van der Waals surface area contributed by atoms with E-state index in [4.69, 9.17) is 0 Å². The highest BCUT2D eigenvalue weighted by molar-refractivity contribution is 7.99. The zero-order valence-electron chi connectivity index (χ0n) is 12.7. The summed E-state index contributed by atoms with van der Waals surface area (Å²) in [5.74, 6) is -0.203. The van der Waals surface area contributed by atoms with Crippen molar-refractivity contribution in [3.63, 3.8) is 0 Å². The molecule has 0 radical (unpaired) electrons. The summed E-state index contributed by atoms with van der Waals surface area (Å²) in [6.07, 6.45) is 0. The van der Waals surface area contributed by atoms with Gasteiger partial charge in [-0.2, -0.15) is 0 Å². The van der Waals surface area contributed by atoms with Crippen molar-refractivity contribution in [2.45, 2.75) is 18.0 Å². The molecule has 0 unspecified atom stereocenters. The van der Waals surface area contributed by atoms with Crippen molar-refractivity contribution in [2.75, 3.05) is 12.3 Å². The Bertz CT molecular complexity index is 703. The highest BCUT2D eigenvalue weighted by Crippen LogP contribution is 2.27. The molecule has 1 heterocycles. The molecule has 0 aromatic heterocycles. The van der Waals surface area contributed by atoms with Crippen LogP contribution in [-0.4, -0.2) is 29.0 Å². The average molecular weight is 326 g/mol. The summed E-state index contributed by atoms with van der Waals surface area (Å²) in [7, 11) is 0. The predicted octanol–water partition coefficient (Wildman–Crippen LogP) is 2.44. The topological polar surface area (TPSA) is 49.4 Å². The third-order valence-corrected chi connectivity index (χ3v) is 4.83. The fourth-order valence-electron chi connectivity index (χ4n) is 2.50. The van der Waals surface area contributed by atoms with E-state index in [1.54, 1.807) is 16.7 Å². The van der Waals surface area contributed by atoms with Crippen molar-refractivity contribution in [2.24, 2.45) is 0 Å². The molecule has 0 atom stereocenters. The Morgan fingerprint density at radius 3 is 2.61 bits per heavy atom. The van der Waals surface area contributed by atoms with E-state index in [0.717, 1.165) is 16.9 Å². The summed E-state index contributed by atoms with van der Waals surface area (Å²) in [5, 5.41) is 2.70. The summed E-state index contributed by atoms with van der Waals surface area (Å²) in [4.78, 5) is 27.3. The maximum atomic E-state index is 12.4. The molecule has 0 fully saturated rings. The van der Waals surface area contributed by atoms with Crippen molar-refractivity contribution >= 4 is 23.6 Å². The van der Waals surface area contributed by atoms with Crippen LogP contribution in [0.15, 0.2) is 59.5 Å². The molecule has 1 aliphatic rings. The van der Waals surface area contributed by atoms with E-state index in [-0.39, 0.29) is 0 Å². The Hall–Kier alpha value is -2.27. The third-order valence-electron chi connectivity index (χ3n) is 3.73. The molecule has 0 saturated heterocycles. The number of hydrogen-bond acceptors (Lipinski definition) is 3. The second-order valence-corrected chi connectivity index (χ2v) is 6.49. The fraction of sp³-hybridized carbons (Fsp3) is 0.222. The lowest BCUT2D eigenvalue weighted by atomic mass is 10.2. The predicted molar refractivity (Wildman–Crippen MR) is 90.9 cm³/mol. The Morgan fingerprint density at radius 2 is 1.78 bits per heavy atom. The molecule has 1 aliphatic heterocycles. The van der Waals surface area contributed by atoms with Crippen molar-refractivity contribution in [3.05, 3.63) is 65.7 Å². The SMILES string of the molecule is O=C(NCc1ccccc1)C(=O)N1CCSc2ccccc2C1. The number of carbonyl (C=O) groups is 2. The van der Waals surface area contributed by atoms with Gasteiger partial charge in [-0.3, -0.25) is 9.59 Å². The van der Waals surface area contributed by atoms with Crippen molar-refractivity contribution in [1.82, 2.24) is 10.2 Å². The van der Waals surface area contributed by atoms with Gasteiger partial charge >= 0.3 is 11.8 Å². The normalized spacial score (nSPS) is 13.8. The highest BCUT2D eigenvalue weighted by Gasteiger charge is 2.24. The van der Waals surface area contributed by atoms with E-state index in [1.165, 1.54) is 4.90 Å². The molecule has 4 nitrogen and oxygen atoms in total. The van der Waals surface area contributed by atoms with Crippen LogP contribution in [0.2, 0.25) is 0 Å². The molecule has 2 amide bonds. The zero-order chi connectivity index (χ0) is 16.1. The van der Waals surface area contributed by atoms with Crippen LogP contribution in [-0.2, 0) is 22.7 Å². The molecule has 5 heteroatoms. The molecular weight excluding hydrogens is 308 g/mol. The van der Waals surface area contributed by atoms with Gasteiger partial charge in [-0.1, -0.05) is 48.5 Å². The van der Waals surface area contributed by atoms with Gasteiger partial charge in [0.2, 0.25) is 0 Å². The van der Waals surface area contributed by atoms with Gasteiger partial charge in [0.15, 0.2) is 0 Å². The second kappa shape index (κ2) is 7.33. The van der Waals surface area contributed by atoms with Gasteiger partial charge in [0.25, 0.3) is 0 Å². The fourth-order valence-corrected chi connectivity index (χ4v) is 3.52. The first-order valence-electron chi connectivity index (χ1n) is 7.56. The molecule has 2 aromatic carbocycles. The average Bonchev–Trinajstić information content (AvgIpc) is 2.82. The molecule has 0 spiro atoms. The lowest BCUT2D eigenvalue weighted by Gasteiger charge is -2.19. The van der Waals surface area contributed by atoms with E-state index in [9.17, 15) is 9.59 Å².